The molecule has 1 aromatic heterocycles. The van der Waals surface area contributed by atoms with E-state index in [4.69, 9.17) is 5.26 Å². The van der Waals surface area contributed by atoms with Crippen molar-refractivity contribution in [2.24, 2.45) is 0 Å². The molecule has 0 aliphatic rings. The average Bonchev–Trinajstić information content (AvgIpc) is 2.65. The fourth-order valence-electron chi connectivity index (χ4n) is 3.04. The van der Waals surface area contributed by atoms with Gasteiger partial charge in [-0.25, -0.2) is 4.39 Å². The van der Waals surface area contributed by atoms with Crippen molar-refractivity contribution in [3.63, 3.8) is 0 Å². The quantitative estimate of drug-likeness (QED) is 0.774. The minimum Gasteiger partial charge on any atom is -0.348 e. The number of benzene rings is 2. The van der Waals surface area contributed by atoms with E-state index in [2.05, 4.69) is 16.4 Å². The first-order chi connectivity index (χ1) is 12.5. The average molecular weight is 347 g/mol. The Morgan fingerprint density at radius 2 is 2.08 bits per heavy atom. The van der Waals surface area contributed by atoms with Gasteiger partial charge in [0.15, 0.2) is 0 Å². The number of rotatable bonds is 4. The second-order valence-electron chi connectivity index (χ2n) is 6.07. The number of hydrogen-bond donors (Lipinski definition) is 1. The Hall–Kier alpha value is -3.26. The van der Waals surface area contributed by atoms with E-state index in [1.54, 1.807) is 24.3 Å². The normalized spacial score (nSPS) is 10.5. The van der Waals surface area contributed by atoms with Gasteiger partial charge < -0.3 is 5.32 Å². The first kappa shape index (κ1) is 17.6. The van der Waals surface area contributed by atoms with Crippen LogP contribution in [0.5, 0.6) is 0 Å². The minimum atomic E-state index is -0.331. The van der Waals surface area contributed by atoms with Gasteiger partial charge in [-0.2, -0.15) is 5.26 Å². The second kappa shape index (κ2) is 7.32. The van der Waals surface area contributed by atoms with Crippen LogP contribution < -0.4 is 5.32 Å². The molecule has 2 aromatic carbocycles. The van der Waals surface area contributed by atoms with Gasteiger partial charge in [0.05, 0.1) is 28.4 Å². The van der Waals surface area contributed by atoms with Crippen LogP contribution in [-0.2, 0) is 13.0 Å². The molecule has 130 valence electrons. The molecule has 0 atom stereocenters. The summed E-state index contributed by atoms with van der Waals surface area (Å²) in [5.74, 6) is -0.565. The fourth-order valence-corrected chi connectivity index (χ4v) is 3.04. The van der Waals surface area contributed by atoms with Crippen LogP contribution in [0.3, 0.4) is 0 Å². The summed E-state index contributed by atoms with van der Waals surface area (Å²) in [6.07, 6.45) is 0.594. The molecule has 0 aliphatic carbocycles. The molecular formula is C21H18FN3O. The predicted molar refractivity (Wildman–Crippen MR) is 98.1 cm³/mol. The molecule has 0 unspecified atom stereocenters. The molecule has 0 radical (unpaired) electrons. The number of nitriles is 1. The maximum absolute atomic E-state index is 13.3. The Bertz CT molecular complexity index is 1040. The van der Waals surface area contributed by atoms with Crippen molar-refractivity contribution >= 4 is 16.8 Å². The number of pyridine rings is 1. The first-order valence-corrected chi connectivity index (χ1v) is 8.39. The Balaban J connectivity index is 1.96. The molecule has 0 spiro atoms. The third-order valence-corrected chi connectivity index (χ3v) is 4.35. The highest BCUT2D eigenvalue weighted by Gasteiger charge is 2.18. The lowest BCUT2D eigenvalue weighted by molar-refractivity contribution is 0.0949. The SMILES string of the molecule is CCc1nc2cc(C#N)ccc2c(C)c1C(=O)NCc1cccc(F)c1. The largest absolute Gasteiger partial charge is 0.348 e. The lowest BCUT2D eigenvalue weighted by atomic mass is 9.98. The number of aryl methyl sites for hydroxylation is 2. The minimum absolute atomic E-state index is 0.234. The molecule has 5 heteroatoms. The molecule has 3 aromatic rings. The van der Waals surface area contributed by atoms with Crippen LogP contribution in [0.1, 0.15) is 39.7 Å². The number of aromatic nitrogens is 1. The summed E-state index contributed by atoms with van der Waals surface area (Å²) < 4.78 is 13.3. The maximum Gasteiger partial charge on any atom is 0.253 e. The number of halogens is 1. The van der Waals surface area contributed by atoms with Crippen molar-refractivity contribution in [1.29, 1.82) is 5.26 Å². The standard InChI is InChI=1S/C21H18FN3O/c1-3-18-20(21(26)24-12-15-5-4-6-16(22)9-15)13(2)17-8-7-14(11-23)10-19(17)25-18/h4-10H,3,12H2,1-2H3,(H,24,26). The van der Waals surface area contributed by atoms with E-state index >= 15 is 0 Å². The summed E-state index contributed by atoms with van der Waals surface area (Å²) in [4.78, 5) is 17.4. The van der Waals surface area contributed by atoms with Crippen LogP contribution in [0, 0.1) is 24.1 Å². The number of nitrogens with zero attached hydrogens (tertiary/aromatic N) is 2. The zero-order valence-corrected chi connectivity index (χ0v) is 14.6. The van der Waals surface area contributed by atoms with E-state index in [1.165, 1.54) is 12.1 Å². The Labute approximate surface area is 151 Å². The van der Waals surface area contributed by atoms with Crippen LogP contribution in [0.4, 0.5) is 4.39 Å². The van der Waals surface area contributed by atoms with Gasteiger partial charge in [0.25, 0.3) is 5.91 Å². The third kappa shape index (κ3) is 3.40. The summed E-state index contributed by atoms with van der Waals surface area (Å²) in [5.41, 5.74) is 3.99. The Morgan fingerprint density at radius 1 is 1.27 bits per heavy atom. The highest BCUT2D eigenvalue weighted by Crippen LogP contribution is 2.24. The van der Waals surface area contributed by atoms with Gasteiger partial charge in [0, 0.05) is 11.9 Å². The molecular weight excluding hydrogens is 329 g/mol. The maximum atomic E-state index is 13.3. The van der Waals surface area contributed by atoms with Crippen molar-refractivity contribution < 1.29 is 9.18 Å². The van der Waals surface area contributed by atoms with Gasteiger partial charge in [-0.05, 0) is 48.7 Å². The summed E-state index contributed by atoms with van der Waals surface area (Å²) in [7, 11) is 0. The van der Waals surface area contributed by atoms with Gasteiger partial charge in [-0.15, -0.1) is 0 Å². The van der Waals surface area contributed by atoms with Crippen LogP contribution >= 0.6 is 0 Å². The van der Waals surface area contributed by atoms with E-state index in [1.807, 2.05) is 19.9 Å². The van der Waals surface area contributed by atoms with Crippen LogP contribution in [0.25, 0.3) is 10.9 Å². The Morgan fingerprint density at radius 3 is 2.77 bits per heavy atom. The number of hydrogen-bond acceptors (Lipinski definition) is 3. The summed E-state index contributed by atoms with van der Waals surface area (Å²) in [6, 6.07) is 13.5. The van der Waals surface area contributed by atoms with E-state index in [9.17, 15) is 9.18 Å². The molecule has 26 heavy (non-hydrogen) atoms. The van der Waals surface area contributed by atoms with Crippen molar-refractivity contribution in [3.05, 3.63) is 76.2 Å². The molecule has 3 rings (SSSR count). The molecule has 1 amide bonds. The van der Waals surface area contributed by atoms with Crippen molar-refractivity contribution in [2.45, 2.75) is 26.8 Å². The highest BCUT2D eigenvalue weighted by molar-refractivity contribution is 6.01. The predicted octanol–water partition coefficient (Wildman–Crippen LogP) is 4.05. The molecule has 4 nitrogen and oxygen atoms in total. The monoisotopic (exact) mass is 347 g/mol. The van der Waals surface area contributed by atoms with Crippen molar-refractivity contribution in [2.75, 3.05) is 0 Å². The summed E-state index contributed by atoms with van der Waals surface area (Å²) in [6.45, 7) is 4.06. The number of fused-ring (bicyclic) bond motifs is 1. The van der Waals surface area contributed by atoms with E-state index in [-0.39, 0.29) is 18.3 Å². The van der Waals surface area contributed by atoms with Gasteiger partial charge >= 0.3 is 0 Å². The molecule has 1 heterocycles. The zero-order chi connectivity index (χ0) is 18.7. The van der Waals surface area contributed by atoms with E-state index in [0.29, 0.717) is 34.3 Å². The summed E-state index contributed by atoms with van der Waals surface area (Å²) >= 11 is 0. The molecule has 0 fully saturated rings. The highest BCUT2D eigenvalue weighted by atomic mass is 19.1. The smallest absolute Gasteiger partial charge is 0.253 e. The summed E-state index contributed by atoms with van der Waals surface area (Å²) in [5, 5.41) is 12.8. The molecule has 1 N–H and O–H groups in total. The van der Waals surface area contributed by atoms with Crippen molar-refractivity contribution in [3.8, 4) is 6.07 Å². The Kier molecular flexibility index (Phi) is 4.94. The van der Waals surface area contributed by atoms with Gasteiger partial charge in [0.2, 0.25) is 0 Å². The number of amides is 1. The van der Waals surface area contributed by atoms with Crippen LogP contribution in [-0.4, -0.2) is 10.9 Å². The lowest BCUT2D eigenvalue weighted by Gasteiger charge is -2.14. The van der Waals surface area contributed by atoms with Gasteiger partial charge in [0.1, 0.15) is 5.82 Å². The van der Waals surface area contributed by atoms with E-state index in [0.717, 1.165) is 10.9 Å². The number of nitrogens with one attached hydrogen (secondary N) is 1. The van der Waals surface area contributed by atoms with Gasteiger partial charge in [-0.3, -0.25) is 9.78 Å². The number of carbonyl (C=O) groups excluding carboxylic acids is 1. The second-order valence-corrected chi connectivity index (χ2v) is 6.07. The molecule has 0 bridgehead atoms. The first-order valence-electron chi connectivity index (χ1n) is 8.39. The lowest BCUT2D eigenvalue weighted by Crippen LogP contribution is -2.25. The topological polar surface area (TPSA) is 65.8 Å². The van der Waals surface area contributed by atoms with Crippen LogP contribution in [0.15, 0.2) is 42.5 Å². The third-order valence-electron chi connectivity index (χ3n) is 4.35. The van der Waals surface area contributed by atoms with E-state index < -0.39 is 0 Å². The number of carbonyl (C=O) groups is 1. The van der Waals surface area contributed by atoms with Crippen molar-refractivity contribution in [1.82, 2.24) is 10.3 Å². The zero-order valence-electron chi connectivity index (χ0n) is 14.6. The van der Waals surface area contributed by atoms with Gasteiger partial charge in [-0.1, -0.05) is 25.1 Å². The fraction of sp³-hybridized carbons (Fsp3) is 0.190. The molecule has 0 saturated carbocycles. The molecule has 0 aliphatic heterocycles. The molecule has 0 saturated heterocycles. The van der Waals surface area contributed by atoms with Crippen LogP contribution in [0.2, 0.25) is 0 Å².